The zero-order valence-electron chi connectivity index (χ0n) is 14.4. The van der Waals surface area contributed by atoms with E-state index >= 15 is 0 Å². The lowest BCUT2D eigenvalue weighted by atomic mass is 9.90. The molecule has 0 unspecified atom stereocenters. The number of pyridine rings is 1. The number of nitrogens with zero attached hydrogens (tertiary/aromatic N) is 3. The van der Waals surface area contributed by atoms with E-state index in [0.717, 1.165) is 22.5 Å². The minimum atomic E-state index is -0.872. The van der Waals surface area contributed by atoms with Crippen LogP contribution in [0.1, 0.15) is 34.9 Å². The van der Waals surface area contributed by atoms with Gasteiger partial charge >= 0.3 is 5.97 Å². The van der Waals surface area contributed by atoms with Gasteiger partial charge in [0.05, 0.1) is 11.6 Å². The van der Waals surface area contributed by atoms with Crippen LogP contribution in [-0.4, -0.2) is 50.2 Å². The second-order valence-electron chi connectivity index (χ2n) is 6.56. The number of carbonyl (C=O) groups excluding carboxylic acids is 1. The van der Waals surface area contributed by atoms with E-state index in [0.29, 0.717) is 19.4 Å². The molecular weight excluding hydrogens is 320 g/mol. The predicted octanol–water partition coefficient (Wildman–Crippen LogP) is 1.68. The van der Waals surface area contributed by atoms with Gasteiger partial charge in [-0.15, -0.1) is 0 Å². The minimum absolute atomic E-state index is 0.0299. The van der Waals surface area contributed by atoms with Crippen molar-refractivity contribution in [2.75, 3.05) is 13.1 Å². The van der Waals surface area contributed by atoms with E-state index in [-0.39, 0.29) is 18.4 Å². The number of aromatic nitrogens is 3. The van der Waals surface area contributed by atoms with E-state index in [1.807, 2.05) is 19.9 Å². The standard InChI is InChI=1S/C18H22N4O3/c1-11-12(2)20-21-16(11)5-6-17(23)22-9-14(15(10-22)18(24)25)13-4-3-7-19-8-13/h3-4,7-8,14-15H,5-6,9-10H2,1-2H3,(H,20,21)(H,24,25)/t14-,15+/m0/s1. The number of aromatic amines is 1. The molecule has 1 amide bonds. The Balaban J connectivity index is 1.67. The Hall–Kier alpha value is -2.70. The summed E-state index contributed by atoms with van der Waals surface area (Å²) in [7, 11) is 0. The highest BCUT2D eigenvalue weighted by atomic mass is 16.4. The highest BCUT2D eigenvalue weighted by molar-refractivity contribution is 5.79. The van der Waals surface area contributed by atoms with E-state index < -0.39 is 11.9 Å². The van der Waals surface area contributed by atoms with E-state index in [1.54, 1.807) is 23.4 Å². The number of carboxylic acid groups (broad SMARTS) is 1. The van der Waals surface area contributed by atoms with Crippen LogP contribution in [0.3, 0.4) is 0 Å². The summed E-state index contributed by atoms with van der Waals surface area (Å²) < 4.78 is 0. The van der Waals surface area contributed by atoms with Crippen molar-refractivity contribution in [2.45, 2.75) is 32.6 Å². The molecule has 2 atom stereocenters. The lowest BCUT2D eigenvalue weighted by Crippen LogP contribution is -2.30. The van der Waals surface area contributed by atoms with Crippen molar-refractivity contribution in [3.05, 3.63) is 47.0 Å². The number of nitrogens with one attached hydrogen (secondary N) is 1. The van der Waals surface area contributed by atoms with Gasteiger partial charge < -0.3 is 10.0 Å². The molecule has 1 fully saturated rings. The summed E-state index contributed by atoms with van der Waals surface area (Å²) in [4.78, 5) is 29.9. The molecule has 0 aliphatic carbocycles. The summed E-state index contributed by atoms with van der Waals surface area (Å²) in [5.41, 5.74) is 3.84. The van der Waals surface area contributed by atoms with Crippen LogP contribution in [0.4, 0.5) is 0 Å². The molecule has 25 heavy (non-hydrogen) atoms. The Morgan fingerprint density at radius 3 is 2.76 bits per heavy atom. The first-order chi connectivity index (χ1) is 12.0. The molecule has 3 heterocycles. The Bertz CT molecular complexity index is 772. The van der Waals surface area contributed by atoms with E-state index in [1.165, 1.54) is 0 Å². The van der Waals surface area contributed by atoms with Crippen LogP contribution in [0.25, 0.3) is 0 Å². The van der Waals surface area contributed by atoms with Gasteiger partial charge in [-0.05, 0) is 31.0 Å². The number of likely N-dealkylation sites (tertiary alicyclic amines) is 1. The second kappa shape index (κ2) is 7.04. The number of hydrogen-bond donors (Lipinski definition) is 2. The van der Waals surface area contributed by atoms with Gasteiger partial charge in [0.25, 0.3) is 0 Å². The fourth-order valence-corrected chi connectivity index (χ4v) is 3.35. The van der Waals surface area contributed by atoms with Gasteiger partial charge in [-0.25, -0.2) is 0 Å². The lowest BCUT2D eigenvalue weighted by Gasteiger charge is -2.16. The van der Waals surface area contributed by atoms with Crippen LogP contribution in [0.2, 0.25) is 0 Å². The molecule has 3 rings (SSSR count). The van der Waals surface area contributed by atoms with Crippen molar-refractivity contribution in [1.82, 2.24) is 20.1 Å². The molecule has 7 heteroatoms. The van der Waals surface area contributed by atoms with Crippen molar-refractivity contribution in [2.24, 2.45) is 5.92 Å². The highest BCUT2D eigenvalue weighted by Gasteiger charge is 2.40. The van der Waals surface area contributed by atoms with Gasteiger partial charge in [-0.3, -0.25) is 19.7 Å². The molecule has 7 nitrogen and oxygen atoms in total. The fourth-order valence-electron chi connectivity index (χ4n) is 3.35. The normalized spacial score (nSPS) is 20.0. The molecule has 0 radical (unpaired) electrons. The Kier molecular flexibility index (Phi) is 4.83. The van der Waals surface area contributed by atoms with Gasteiger partial charge in [0.2, 0.25) is 5.91 Å². The molecule has 1 aliphatic heterocycles. The van der Waals surface area contributed by atoms with Gasteiger partial charge in [0, 0.05) is 49.9 Å². The summed E-state index contributed by atoms with van der Waals surface area (Å²) in [6, 6.07) is 3.67. The number of H-pyrrole nitrogens is 1. The fraction of sp³-hybridized carbons (Fsp3) is 0.444. The third-order valence-electron chi connectivity index (χ3n) is 5.03. The van der Waals surface area contributed by atoms with Crippen LogP contribution >= 0.6 is 0 Å². The first kappa shape index (κ1) is 17.1. The molecule has 0 saturated carbocycles. The van der Waals surface area contributed by atoms with E-state index in [4.69, 9.17) is 0 Å². The third-order valence-corrected chi connectivity index (χ3v) is 5.03. The SMILES string of the molecule is Cc1[nH]nc(CCC(=O)N2C[C@@H](C(=O)O)[C@H](c3cccnc3)C2)c1C. The van der Waals surface area contributed by atoms with Gasteiger partial charge in [-0.1, -0.05) is 6.07 Å². The number of rotatable bonds is 5. The molecule has 132 valence electrons. The van der Waals surface area contributed by atoms with Crippen LogP contribution < -0.4 is 0 Å². The summed E-state index contributed by atoms with van der Waals surface area (Å²) >= 11 is 0. The molecule has 0 spiro atoms. The number of aliphatic carboxylic acids is 1. The highest BCUT2D eigenvalue weighted by Crippen LogP contribution is 2.33. The molecule has 1 aliphatic rings. The molecule has 1 saturated heterocycles. The van der Waals surface area contributed by atoms with Crippen molar-refractivity contribution >= 4 is 11.9 Å². The molecule has 0 aromatic carbocycles. The third kappa shape index (κ3) is 3.55. The molecular formula is C18H22N4O3. The first-order valence-corrected chi connectivity index (χ1v) is 8.38. The number of carboxylic acids is 1. The number of hydrogen-bond acceptors (Lipinski definition) is 4. The maximum Gasteiger partial charge on any atom is 0.308 e. The lowest BCUT2D eigenvalue weighted by molar-refractivity contribution is -0.141. The van der Waals surface area contributed by atoms with E-state index in [9.17, 15) is 14.7 Å². The molecule has 2 aromatic rings. The maximum absolute atomic E-state index is 12.6. The number of carbonyl (C=O) groups is 2. The molecule has 0 bridgehead atoms. The second-order valence-corrected chi connectivity index (χ2v) is 6.56. The van der Waals surface area contributed by atoms with Crippen molar-refractivity contribution in [1.29, 1.82) is 0 Å². The molecule has 2 aromatic heterocycles. The van der Waals surface area contributed by atoms with Crippen molar-refractivity contribution < 1.29 is 14.7 Å². The maximum atomic E-state index is 12.6. The quantitative estimate of drug-likeness (QED) is 0.861. The van der Waals surface area contributed by atoms with Gasteiger partial charge in [0.15, 0.2) is 0 Å². The Labute approximate surface area is 146 Å². The van der Waals surface area contributed by atoms with Gasteiger partial charge in [0.1, 0.15) is 0 Å². The van der Waals surface area contributed by atoms with Crippen molar-refractivity contribution in [3.8, 4) is 0 Å². The van der Waals surface area contributed by atoms with E-state index in [2.05, 4.69) is 15.2 Å². The smallest absolute Gasteiger partial charge is 0.308 e. The van der Waals surface area contributed by atoms with Crippen LogP contribution in [0.15, 0.2) is 24.5 Å². The Morgan fingerprint density at radius 2 is 2.16 bits per heavy atom. The summed E-state index contributed by atoms with van der Waals surface area (Å²) in [5.74, 6) is -1.72. The molecule has 2 N–H and O–H groups in total. The Morgan fingerprint density at radius 1 is 1.36 bits per heavy atom. The van der Waals surface area contributed by atoms with Crippen LogP contribution in [0.5, 0.6) is 0 Å². The monoisotopic (exact) mass is 342 g/mol. The van der Waals surface area contributed by atoms with Crippen LogP contribution in [-0.2, 0) is 16.0 Å². The largest absolute Gasteiger partial charge is 0.481 e. The summed E-state index contributed by atoms with van der Waals surface area (Å²) in [5, 5.41) is 16.7. The predicted molar refractivity (Wildman–Crippen MR) is 91.1 cm³/mol. The average molecular weight is 342 g/mol. The first-order valence-electron chi connectivity index (χ1n) is 8.38. The average Bonchev–Trinajstić information content (AvgIpc) is 3.19. The summed E-state index contributed by atoms with van der Waals surface area (Å²) in [6.45, 7) is 4.59. The van der Waals surface area contributed by atoms with Crippen molar-refractivity contribution in [3.63, 3.8) is 0 Å². The topological polar surface area (TPSA) is 99.2 Å². The zero-order chi connectivity index (χ0) is 18.0. The number of aryl methyl sites for hydroxylation is 2. The summed E-state index contributed by atoms with van der Waals surface area (Å²) in [6.07, 6.45) is 4.23. The zero-order valence-corrected chi connectivity index (χ0v) is 14.4. The minimum Gasteiger partial charge on any atom is -0.481 e. The number of amides is 1. The van der Waals surface area contributed by atoms with Gasteiger partial charge in [-0.2, -0.15) is 5.10 Å². The van der Waals surface area contributed by atoms with Crippen LogP contribution in [0, 0.1) is 19.8 Å².